The Hall–Kier alpha value is -1.51. The first kappa shape index (κ1) is 15.4. The van der Waals surface area contributed by atoms with E-state index in [2.05, 4.69) is 4.98 Å². The minimum atomic E-state index is -0.876. The summed E-state index contributed by atoms with van der Waals surface area (Å²) in [6.45, 7) is 1.82. The molecule has 0 aromatic carbocycles. The molecule has 0 unspecified atom stereocenters. The second-order valence-corrected chi connectivity index (χ2v) is 6.67. The van der Waals surface area contributed by atoms with E-state index in [1.807, 2.05) is 0 Å². The maximum atomic E-state index is 12.6. The molecule has 7 nitrogen and oxygen atoms in total. The van der Waals surface area contributed by atoms with E-state index in [-0.39, 0.29) is 18.4 Å². The first-order valence-corrected chi connectivity index (χ1v) is 7.98. The number of likely N-dealkylation sites (tertiary alicyclic amines) is 1. The van der Waals surface area contributed by atoms with Crippen molar-refractivity contribution in [2.45, 2.75) is 13.0 Å². The number of fused-ring (bicyclic) bond motifs is 1. The lowest BCUT2D eigenvalue weighted by atomic mass is 9.74. The van der Waals surface area contributed by atoms with Crippen molar-refractivity contribution < 1.29 is 24.2 Å². The fourth-order valence-corrected chi connectivity index (χ4v) is 3.95. The fourth-order valence-electron chi connectivity index (χ4n) is 3.22. The number of carbonyl (C=O) groups is 2. The lowest BCUT2D eigenvalue weighted by Crippen LogP contribution is -2.45. The molecule has 3 heterocycles. The molecule has 0 bridgehead atoms. The van der Waals surface area contributed by atoms with Crippen LogP contribution in [0.5, 0.6) is 0 Å². The second kappa shape index (κ2) is 5.94. The maximum absolute atomic E-state index is 12.6. The SMILES string of the molecule is COCc1nc(C(=O)N2C[C@H]3COCC[C@@]3(C(=O)O)C2)cs1. The Labute approximate surface area is 131 Å². The highest BCUT2D eigenvalue weighted by Gasteiger charge is 2.55. The van der Waals surface area contributed by atoms with Crippen LogP contribution in [0.15, 0.2) is 5.38 Å². The van der Waals surface area contributed by atoms with Gasteiger partial charge in [0.25, 0.3) is 5.91 Å². The van der Waals surface area contributed by atoms with Crippen LogP contribution in [0.4, 0.5) is 0 Å². The monoisotopic (exact) mass is 326 g/mol. The van der Waals surface area contributed by atoms with E-state index in [0.717, 1.165) is 5.01 Å². The number of hydrogen-bond acceptors (Lipinski definition) is 6. The van der Waals surface area contributed by atoms with Crippen LogP contribution in [0, 0.1) is 11.3 Å². The molecule has 1 aromatic heterocycles. The van der Waals surface area contributed by atoms with E-state index in [4.69, 9.17) is 9.47 Å². The van der Waals surface area contributed by atoms with Crippen LogP contribution in [-0.2, 0) is 20.9 Å². The molecule has 2 saturated heterocycles. The molecule has 0 aliphatic carbocycles. The van der Waals surface area contributed by atoms with Gasteiger partial charge in [0.1, 0.15) is 10.7 Å². The largest absolute Gasteiger partial charge is 0.481 e. The highest BCUT2D eigenvalue weighted by Crippen LogP contribution is 2.42. The van der Waals surface area contributed by atoms with Crippen LogP contribution < -0.4 is 0 Å². The number of methoxy groups -OCH3 is 1. The number of carboxylic acid groups (broad SMARTS) is 1. The van der Waals surface area contributed by atoms with Gasteiger partial charge in [-0.2, -0.15) is 0 Å². The molecule has 0 radical (unpaired) electrons. The number of thiazole rings is 1. The summed E-state index contributed by atoms with van der Waals surface area (Å²) in [7, 11) is 1.57. The van der Waals surface area contributed by atoms with E-state index in [0.29, 0.717) is 38.5 Å². The summed E-state index contributed by atoms with van der Waals surface area (Å²) in [4.78, 5) is 30.1. The van der Waals surface area contributed by atoms with Crippen LogP contribution in [0.25, 0.3) is 0 Å². The molecule has 1 N–H and O–H groups in total. The maximum Gasteiger partial charge on any atom is 0.311 e. The van der Waals surface area contributed by atoms with Crippen molar-refractivity contribution in [2.75, 3.05) is 33.4 Å². The number of amides is 1. The summed E-state index contributed by atoms with van der Waals surface area (Å²) in [6.07, 6.45) is 0.447. The number of carboxylic acids is 1. The summed E-state index contributed by atoms with van der Waals surface area (Å²) in [6, 6.07) is 0. The third-order valence-corrected chi connectivity index (χ3v) is 5.28. The minimum Gasteiger partial charge on any atom is -0.481 e. The zero-order valence-electron chi connectivity index (χ0n) is 12.3. The third kappa shape index (κ3) is 2.51. The molecule has 0 spiro atoms. The molecule has 2 aliphatic rings. The first-order valence-electron chi connectivity index (χ1n) is 7.10. The number of aliphatic carboxylic acids is 1. The number of rotatable bonds is 4. The lowest BCUT2D eigenvalue weighted by Gasteiger charge is -2.33. The van der Waals surface area contributed by atoms with Crippen LogP contribution in [0.2, 0.25) is 0 Å². The van der Waals surface area contributed by atoms with Crippen LogP contribution in [0.3, 0.4) is 0 Å². The lowest BCUT2D eigenvalue weighted by molar-refractivity contribution is -0.157. The molecule has 2 aliphatic heterocycles. The molecule has 3 rings (SSSR count). The molecule has 0 saturated carbocycles. The van der Waals surface area contributed by atoms with Gasteiger partial charge in [-0.3, -0.25) is 9.59 Å². The van der Waals surface area contributed by atoms with Crippen molar-refractivity contribution in [1.82, 2.24) is 9.88 Å². The molecule has 8 heteroatoms. The van der Waals surface area contributed by atoms with Crippen LogP contribution in [-0.4, -0.2) is 60.3 Å². The van der Waals surface area contributed by atoms with Gasteiger partial charge in [0.2, 0.25) is 0 Å². The van der Waals surface area contributed by atoms with E-state index in [1.165, 1.54) is 11.3 Å². The Kier molecular flexibility index (Phi) is 4.16. The predicted molar refractivity (Wildman–Crippen MR) is 77.7 cm³/mol. The van der Waals surface area contributed by atoms with Crippen molar-refractivity contribution >= 4 is 23.2 Å². The summed E-state index contributed by atoms with van der Waals surface area (Å²) in [5.74, 6) is -1.21. The van der Waals surface area contributed by atoms with E-state index in [9.17, 15) is 14.7 Å². The molecule has 22 heavy (non-hydrogen) atoms. The van der Waals surface area contributed by atoms with Gasteiger partial charge in [-0.25, -0.2) is 4.98 Å². The predicted octanol–water partition coefficient (Wildman–Crippen LogP) is 0.853. The Bertz CT molecular complexity index is 590. The molecular formula is C14H18N2O5S. The number of hydrogen-bond donors (Lipinski definition) is 1. The van der Waals surface area contributed by atoms with Crippen molar-refractivity contribution in [2.24, 2.45) is 11.3 Å². The quantitative estimate of drug-likeness (QED) is 0.882. The van der Waals surface area contributed by atoms with E-state index < -0.39 is 11.4 Å². The van der Waals surface area contributed by atoms with Gasteiger partial charge in [0, 0.05) is 38.1 Å². The second-order valence-electron chi connectivity index (χ2n) is 5.73. The molecule has 2 atom stereocenters. The summed E-state index contributed by atoms with van der Waals surface area (Å²) < 4.78 is 10.4. The average Bonchev–Trinajstić information content (AvgIpc) is 3.11. The number of ether oxygens (including phenoxy) is 2. The summed E-state index contributed by atoms with van der Waals surface area (Å²) >= 11 is 1.37. The van der Waals surface area contributed by atoms with Crippen LogP contribution in [0.1, 0.15) is 21.9 Å². The Balaban J connectivity index is 1.78. The van der Waals surface area contributed by atoms with Crippen molar-refractivity contribution in [3.8, 4) is 0 Å². The average molecular weight is 326 g/mol. The first-order chi connectivity index (χ1) is 10.6. The van der Waals surface area contributed by atoms with E-state index >= 15 is 0 Å². The van der Waals surface area contributed by atoms with Gasteiger partial charge in [-0.1, -0.05) is 0 Å². The highest BCUT2D eigenvalue weighted by atomic mass is 32.1. The normalized spacial score (nSPS) is 27.7. The Morgan fingerprint density at radius 1 is 1.64 bits per heavy atom. The summed E-state index contributed by atoms with van der Waals surface area (Å²) in [5, 5.41) is 12.1. The zero-order valence-corrected chi connectivity index (χ0v) is 13.1. The molecular weight excluding hydrogens is 308 g/mol. The minimum absolute atomic E-state index is 0.153. The molecule has 2 fully saturated rings. The van der Waals surface area contributed by atoms with E-state index in [1.54, 1.807) is 17.4 Å². The number of carbonyl (C=O) groups excluding carboxylic acids is 1. The van der Waals surface area contributed by atoms with Gasteiger partial charge in [0.05, 0.1) is 18.6 Å². The zero-order chi connectivity index (χ0) is 15.7. The smallest absolute Gasteiger partial charge is 0.311 e. The molecule has 120 valence electrons. The fraction of sp³-hybridized carbons (Fsp3) is 0.643. The van der Waals surface area contributed by atoms with Crippen molar-refractivity contribution in [1.29, 1.82) is 0 Å². The number of nitrogens with zero attached hydrogens (tertiary/aromatic N) is 2. The van der Waals surface area contributed by atoms with Gasteiger partial charge >= 0.3 is 5.97 Å². The van der Waals surface area contributed by atoms with Crippen molar-refractivity contribution in [3.05, 3.63) is 16.1 Å². The Morgan fingerprint density at radius 2 is 2.45 bits per heavy atom. The van der Waals surface area contributed by atoms with Crippen LogP contribution >= 0.6 is 11.3 Å². The van der Waals surface area contributed by atoms with Crippen molar-refractivity contribution in [3.63, 3.8) is 0 Å². The van der Waals surface area contributed by atoms with Gasteiger partial charge in [-0.05, 0) is 6.42 Å². The molecule has 1 amide bonds. The standard InChI is InChI=1S/C14H18N2O5S/c1-20-6-11-15-10(7-22-11)12(17)16-4-9-5-21-3-2-14(9,8-16)13(18)19/h7,9H,2-6,8H2,1H3,(H,18,19)/t9-,14+/m0/s1. The van der Waals surface area contributed by atoms with Gasteiger partial charge < -0.3 is 19.5 Å². The topological polar surface area (TPSA) is 89.0 Å². The number of aromatic nitrogens is 1. The van der Waals surface area contributed by atoms with Gasteiger partial charge in [-0.15, -0.1) is 11.3 Å². The van der Waals surface area contributed by atoms with Gasteiger partial charge in [0.15, 0.2) is 0 Å². The Morgan fingerprint density at radius 3 is 3.14 bits per heavy atom. The summed E-state index contributed by atoms with van der Waals surface area (Å²) in [5.41, 5.74) is -0.517. The molecule has 1 aromatic rings. The third-order valence-electron chi connectivity index (χ3n) is 4.46. The highest BCUT2D eigenvalue weighted by molar-refractivity contribution is 7.09.